The number of halogens is 1. The van der Waals surface area contributed by atoms with Crippen LogP contribution >= 0.6 is 0 Å². The topological polar surface area (TPSA) is 41.6 Å². The highest BCUT2D eigenvalue weighted by Crippen LogP contribution is 2.49. The van der Waals surface area contributed by atoms with E-state index in [1.165, 1.54) is 6.07 Å². The Morgan fingerprint density at radius 2 is 1.96 bits per heavy atom. The van der Waals surface area contributed by atoms with Gasteiger partial charge in [0.15, 0.2) is 0 Å². The molecular formula is C18H27FN2O2. The average molecular weight is 322 g/mol. The molecule has 4 nitrogen and oxygen atoms in total. The zero-order valence-electron chi connectivity index (χ0n) is 14.1. The Labute approximate surface area is 138 Å². The van der Waals surface area contributed by atoms with Crippen LogP contribution in [0.2, 0.25) is 0 Å². The van der Waals surface area contributed by atoms with Crippen LogP contribution in [0.25, 0.3) is 0 Å². The smallest absolute Gasteiger partial charge is 0.230 e. The van der Waals surface area contributed by atoms with Crippen LogP contribution in [0, 0.1) is 5.82 Å². The summed E-state index contributed by atoms with van der Waals surface area (Å²) in [7, 11) is 0. The van der Waals surface area contributed by atoms with Crippen molar-refractivity contribution in [2.45, 2.75) is 32.1 Å². The second-order valence-electron chi connectivity index (χ2n) is 5.96. The minimum Gasteiger partial charge on any atom is -0.378 e. The quantitative estimate of drug-likeness (QED) is 0.672. The molecule has 0 atom stereocenters. The van der Waals surface area contributed by atoms with Gasteiger partial charge >= 0.3 is 0 Å². The minimum absolute atomic E-state index is 0.0880. The number of nitrogens with one attached hydrogen (secondary N) is 1. The molecule has 1 aromatic carbocycles. The standard InChI is InChI=1S/C18H27FN2O2/c1-3-21(4-2)12-14-23-13-11-20-17(22)18(9-10-18)15-7-5-6-8-16(15)19/h5-8H,3-4,9-14H2,1-2H3,(H,20,22). The number of hydrogen-bond acceptors (Lipinski definition) is 3. The van der Waals surface area contributed by atoms with E-state index >= 15 is 0 Å². The van der Waals surface area contributed by atoms with Gasteiger partial charge in [0, 0.05) is 18.7 Å². The molecule has 0 radical (unpaired) electrons. The number of hydrogen-bond donors (Lipinski definition) is 1. The van der Waals surface area contributed by atoms with Gasteiger partial charge in [-0.05, 0) is 32.0 Å². The summed E-state index contributed by atoms with van der Waals surface area (Å²) < 4.78 is 19.5. The van der Waals surface area contributed by atoms with E-state index in [1.807, 2.05) is 0 Å². The molecule has 1 amide bonds. The number of benzene rings is 1. The Morgan fingerprint density at radius 1 is 1.26 bits per heavy atom. The molecule has 0 heterocycles. The molecule has 1 aromatic rings. The third kappa shape index (κ3) is 4.52. The van der Waals surface area contributed by atoms with E-state index in [-0.39, 0.29) is 11.7 Å². The van der Waals surface area contributed by atoms with Gasteiger partial charge in [0.1, 0.15) is 5.82 Å². The van der Waals surface area contributed by atoms with Crippen LogP contribution in [0.1, 0.15) is 32.3 Å². The zero-order chi connectivity index (χ0) is 16.7. The first-order chi connectivity index (χ1) is 11.1. The molecule has 1 N–H and O–H groups in total. The van der Waals surface area contributed by atoms with E-state index in [2.05, 4.69) is 24.1 Å². The summed E-state index contributed by atoms with van der Waals surface area (Å²) in [6.45, 7) is 8.80. The number of likely N-dealkylation sites (N-methyl/N-ethyl adjacent to an activating group) is 1. The van der Waals surface area contributed by atoms with Crippen molar-refractivity contribution in [3.05, 3.63) is 35.6 Å². The lowest BCUT2D eigenvalue weighted by molar-refractivity contribution is -0.123. The Kier molecular flexibility index (Phi) is 6.54. The first-order valence-electron chi connectivity index (χ1n) is 8.47. The molecule has 2 rings (SSSR count). The van der Waals surface area contributed by atoms with E-state index < -0.39 is 5.41 Å². The lowest BCUT2D eigenvalue weighted by atomic mass is 9.94. The maximum atomic E-state index is 13.9. The summed E-state index contributed by atoms with van der Waals surface area (Å²) in [6.07, 6.45) is 1.42. The van der Waals surface area contributed by atoms with Gasteiger partial charge in [0.25, 0.3) is 0 Å². The molecule has 0 aromatic heterocycles. The number of ether oxygens (including phenoxy) is 1. The third-order valence-electron chi connectivity index (χ3n) is 4.55. The normalized spacial score (nSPS) is 15.7. The number of carbonyl (C=O) groups excluding carboxylic acids is 1. The maximum Gasteiger partial charge on any atom is 0.230 e. The third-order valence-corrected chi connectivity index (χ3v) is 4.55. The summed E-state index contributed by atoms with van der Waals surface area (Å²) in [6, 6.07) is 6.56. The molecule has 0 bridgehead atoms. The van der Waals surface area contributed by atoms with Gasteiger partial charge in [-0.15, -0.1) is 0 Å². The Hall–Kier alpha value is -1.46. The second kappa shape index (κ2) is 8.41. The van der Waals surface area contributed by atoms with Crippen molar-refractivity contribution in [1.82, 2.24) is 10.2 Å². The van der Waals surface area contributed by atoms with E-state index in [0.29, 0.717) is 38.2 Å². The molecule has 0 aliphatic heterocycles. The molecule has 0 unspecified atom stereocenters. The first-order valence-corrected chi connectivity index (χ1v) is 8.47. The van der Waals surface area contributed by atoms with Crippen LogP contribution in [-0.4, -0.2) is 50.2 Å². The summed E-state index contributed by atoms with van der Waals surface area (Å²) in [5, 5.41) is 2.88. The monoisotopic (exact) mass is 322 g/mol. The van der Waals surface area contributed by atoms with Crippen LogP contribution in [0.3, 0.4) is 0 Å². The zero-order valence-corrected chi connectivity index (χ0v) is 14.1. The van der Waals surface area contributed by atoms with Gasteiger partial charge in [0.2, 0.25) is 5.91 Å². The van der Waals surface area contributed by atoms with Crippen LogP contribution in [0.5, 0.6) is 0 Å². The van der Waals surface area contributed by atoms with E-state index in [0.717, 1.165) is 19.6 Å². The van der Waals surface area contributed by atoms with Crippen molar-refractivity contribution in [3.8, 4) is 0 Å². The summed E-state index contributed by atoms with van der Waals surface area (Å²) in [5.74, 6) is -0.384. The van der Waals surface area contributed by atoms with E-state index in [1.54, 1.807) is 18.2 Å². The largest absolute Gasteiger partial charge is 0.378 e. The fourth-order valence-corrected chi connectivity index (χ4v) is 2.83. The Balaban J connectivity index is 1.71. The average Bonchev–Trinajstić information content (AvgIpc) is 3.36. The maximum absolute atomic E-state index is 13.9. The van der Waals surface area contributed by atoms with E-state index in [9.17, 15) is 9.18 Å². The van der Waals surface area contributed by atoms with Gasteiger partial charge in [-0.1, -0.05) is 32.0 Å². The molecule has 128 valence electrons. The Bertz CT molecular complexity index is 513. The molecule has 23 heavy (non-hydrogen) atoms. The fourth-order valence-electron chi connectivity index (χ4n) is 2.83. The Morgan fingerprint density at radius 3 is 2.57 bits per heavy atom. The van der Waals surface area contributed by atoms with Crippen molar-refractivity contribution in [3.63, 3.8) is 0 Å². The van der Waals surface area contributed by atoms with Crippen LogP contribution in [-0.2, 0) is 14.9 Å². The number of rotatable bonds is 10. The van der Waals surface area contributed by atoms with Crippen molar-refractivity contribution in [2.75, 3.05) is 39.4 Å². The van der Waals surface area contributed by atoms with Gasteiger partial charge in [0.05, 0.1) is 18.6 Å². The highest BCUT2D eigenvalue weighted by Gasteiger charge is 2.52. The molecule has 1 aliphatic rings. The second-order valence-corrected chi connectivity index (χ2v) is 5.96. The molecule has 5 heteroatoms. The molecule has 1 saturated carbocycles. The number of nitrogens with zero attached hydrogens (tertiary/aromatic N) is 1. The van der Waals surface area contributed by atoms with Crippen LogP contribution < -0.4 is 5.32 Å². The fraction of sp³-hybridized carbons (Fsp3) is 0.611. The summed E-state index contributed by atoms with van der Waals surface area (Å²) >= 11 is 0. The molecule has 1 aliphatic carbocycles. The van der Waals surface area contributed by atoms with Crippen molar-refractivity contribution < 1.29 is 13.9 Å². The van der Waals surface area contributed by atoms with Crippen molar-refractivity contribution >= 4 is 5.91 Å². The minimum atomic E-state index is -0.660. The predicted octanol–water partition coefficient (Wildman–Crippen LogP) is 2.33. The first kappa shape index (κ1) is 17.9. The van der Waals surface area contributed by atoms with Crippen molar-refractivity contribution in [2.24, 2.45) is 0 Å². The molecular weight excluding hydrogens is 295 g/mol. The predicted molar refractivity (Wildman–Crippen MR) is 88.9 cm³/mol. The van der Waals surface area contributed by atoms with Gasteiger partial charge in [-0.2, -0.15) is 0 Å². The summed E-state index contributed by atoms with van der Waals surface area (Å²) in [5.41, 5.74) is -0.146. The van der Waals surface area contributed by atoms with Gasteiger partial charge in [-0.25, -0.2) is 4.39 Å². The number of carbonyl (C=O) groups is 1. The van der Waals surface area contributed by atoms with Crippen molar-refractivity contribution in [1.29, 1.82) is 0 Å². The highest BCUT2D eigenvalue weighted by atomic mass is 19.1. The van der Waals surface area contributed by atoms with Crippen LogP contribution in [0.15, 0.2) is 24.3 Å². The van der Waals surface area contributed by atoms with E-state index in [4.69, 9.17) is 4.74 Å². The highest BCUT2D eigenvalue weighted by molar-refractivity contribution is 5.91. The molecule has 1 fully saturated rings. The number of amides is 1. The lowest BCUT2D eigenvalue weighted by Crippen LogP contribution is -2.37. The van der Waals surface area contributed by atoms with Gasteiger partial charge in [-0.3, -0.25) is 4.79 Å². The summed E-state index contributed by atoms with van der Waals surface area (Å²) in [4.78, 5) is 14.7. The van der Waals surface area contributed by atoms with Gasteiger partial charge < -0.3 is 15.0 Å². The molecule has 0 spiro atoms. The lowest BCUT2D eigenvalue weighted by Gasteiger charge is -2.18. The van der Waals surface area contributed by atoms with Crippen LogP contribution in [0.4, 0.5) is 4.39 Å². The SMILES string of the molecule is CCN(CC)CCOCCNC(=O)C1(c2ccccc2F)CC1. The molecule has 0 saturated heterocycles.